The minimum Gasteiger partial charge on any atom is -0.449 e. The first-order valence-electron chi connectivity index (χ1n) is 7.42. The zero-order valence-corrected chi connectivity index (χ0v) is 14.7. The van der Waals surface area contributed by atoms with Crippen molar-refractivity contribution in [1.82, 2.24) is 4.90 Å². The van der Waals surface area contributed by atoms with Crippen molar-refractivity contribution in [2.45, 2.75) is 38.3 Å². The fourth-order valence-corrected chi connectivity index (χ4v) is 3.26. The fraction of sp³-hybridized carbons (Fsp3) is 0.500. The molecule has 1 fully saturated rings. The summed E-state index contributed by atoms with van der Waals surface area (Å²) in [5, 5.41) is 0. The van der Waals surface area contributed by atoms with Crippen molar-refractivity contribution in [3.8, 4) is 0 Å². The van der Waals surface area contributed by atoms with Crippen molar-refractivity contribution in [2.75, 3.05) is 11.0 Å². The summed E-state index contributed by atoms with van der Waals surface area (Å²) in [6.07, 6.45) is 0.907. The van der Waals surface area contributed by atoms with E-state index in [0.717, 1.165) is 17.7 Å². The highest BCUT2D eigenvalue weighted by atomic mass is 127. The van der Waals surface area contributed by atoms with E-state index in [9.17, 15) is 9.59 Å². The van der Waals surface area contributed by atoms with Gasteiger partial charge in [-0.25, -0.2) is 14.5 Å². The molecule has 6 heteroatoms. The predicted octanol–water partition coefficient (Wildman–Crippen LogP) is 3.79. The third-order valence-corrected chi connectivity index (χ3v) is 4.62. The number of aryl methyl sites for hydroxylation is 1. The normalized spacial score (nSPS) is 21.4. The lowest BCUT2D eigenvalue weighted by Crippen LogP contribution is -2.52. The number of nitrogens with zero attached hydrogens (tertiary/aromatic N) is 1. The van der Waals surface area contributed by atoms with E-state index in [2.05, 4.69) is 34.7 Å². The van der Waals surface area contributed by atoms with E-state index in [1.807, 2.05) is 18.2 Å². The molecule has 0 radical (unpaired) electrons. The van der Waals surface area contributed by atoms with Crippen molar-refractivity contribution in [3.63, 3.8) is 0 Å². The average molecular weight is 417 g/mol. The fourth-order valence-electron chi connectivity index (χ4n) is 2.50. The summed E-state index contributed by atoms with van der Waals surface area (Å²) in [4.78, 5) is 25.1. The Kier molecular flexibility index (Phi) is 6.48. The van der Waals surface area contributed by atoms with Crippen LogP contribution < -0.4 is 0 Å². The van der Waals surface area contributed by atoms with Crippen LogP contribution >= 0.6 is 22.6 Å². The van der Waals surface area contributed by atoms with Crippen LogP contribution in [0.4, 0.5) is 9.59 Å². The Morgan fingerprint density at radius 3 is 2.77 bits per heavy atom. The number of halogens is 1. The largest absolute Gasteiger partial charge is 0.449 e. The standard InChI is InChI=1S/C16H20INO4/c1-2-21-15(19)18-13(11-17)10-14(22-16(18)20)9-8-12-6-4-3-5-7-12/h3-7,13-14H,2,8-11H2,1H3. The minimum atomic E-state index is -0.615. The first-order valence-corrected chi connectivity index (χ1v) is 8.94. The molecule has 0 N–H and O–H groups in total. The molecule has 1 saturated heterocycles. The number of cyclic esters (lactones) is 1. The van der Waals surface area contributed by atoms with Crippen molar-refractivity contribution in [1.29, 1.82) is 0 Å². The second kappa shape index (κ2) is 8.36. The molecule has 1 aliphatic rings. The van der Waals surface area contributed by atoms with Crippen LogP contribution in [0.25, 0.3) is 0 Å². The summed E-state index contributed by atoms with van der Waals surface area (Å²) >= 11 is 2.19. The summed E-state index contributed by atoms with van der Waals surface area (Å²) in [7, 11) is 0. The molecule has 0 bridgehead atoms. The summed E-state index contributed by atoms with van der Waals surface area (Å²) in [6, 6.07) is 9.93. The lowest BCUT2D eigenvalue weighted by atomic mass is 10.0. The molecule has 0 aliphatic carbocycles. The van der Waals surface area contributed by atoms with E-state index in [4.69, 9.17) is 9.47 Å². The number of imide groups is 1. The van der Waals surface area contributed by atoms with Gasteiger partial charge in [-0.1, -0.05) is 52.9 Å². The molecule has 0 spiro atoms. The molecule has 0 saturated carbocycles. The first-order chi connectivity index (χ1) is 10.7. The van der Waals surface area contributed by atoms with Crippen molar-refractivity contribution in [2.24, 2.45) is 0 Å². The lowest BCUT2D eigenvalue weighted by Gasteiger charge is -2.36. The molecule has 1 aliphatic heterocycles. The maximum absolute atomic E-state index is 12.1. The molecule has 5 nitrogen and oxygen atoms in total. The van der Waals surface area contributed by atoms with Gasteiger partial charge < -0.3 is 9.47 Å². The highest BCUT2D eigenvalue weighted by Gasteiger charge is 2.39. The SMILES string of the molecule is CCOC(=O)N1C(=O)OC(CCc2ccccc2)CC1CI. The van der Waals surface area contributed by atoms with E-state index < -0.39 is 12.2 Å². The quantitative estimate of drug-likeness (QED) is 0.541. The number of hydrogen-bond acceptors (Lipinski definition) is 4. The van der Waals surface area contributed by atoms with Crippen molar-refractivity contribution < 1.29 is 19.1 Å². The molecule has 0 aromatic heterocycles. The topological polar surface area (TPSA) is 55.8 Å². The number of ether oxygens (including phenoxy) is 2. The Morgan fingerprint density at radius 1 is 1.41 bits per heavy atom. The molecule has 2 atom stereocenters. The summed E-state index contributed by atoms with van der Waals surface area (Å²) in [5.41, 5.74) is 1.22. The number of alkyl halides is 1. The van der Waals surface area contributed by atoms with Crippen LogP contribution in [0.5, 0.6) is 0 Å². The molecule has 2 rings (SSSR count). The molecule has 2 unspecified atom stereocenters. The number of rotatable bonds is 5. The van der Waals surface area contributed by atoms with Gasteiger partial charge in [-0.3, -0.25) is 0 Å². The van der Waals surface area contributed by atoms with Gasteiger partial charge in [0.15, 0.2) is 0 Å². The summed E-state index contributed by atoms with van der Waals surface area (Å²) in [6.45, 7) is 1.96. The first kappa shape index (κ1) is 17.1. The second-order valence-corrected chi connectivity index (χ2v) is 6.02. The van der Waals surface area contributed by atoms with Gasteiger partial charge in [0.25, 0.3) is 0 Å². The number of amides is 2. The molecular weight excluding hydrogens is 397 g/mol. The highest BCUT2D eigenvalue weighted by Crippen LogP contribution is 2.24. The van der Waals surface area contributed by atoms with E-state index in [1.165, 1.54) is 5.56 Å². The van der Waals surface area contributed by atoms with Gasteiger partial charge in [-0.15, -0.1) is 0 Å². The molecule has 1 heterocycles. The minimum absolute atomic E-state index is 0.154. The Hall–Kier alpha value is -1.31. The van der Waals surface area contributed by atoms with E-state index in [-0.39, 0.29) is 18.8 Å². The summed E-state index contributed by atoms with van der Waals surface area (Å²) < 4.78 is 11.0. The van der Waals surface area contributed by atoms with Gasteiger partial charge in [-0.05, 0) is 25.3 Å². The predicted molar refractivity (Wildman–Crippen MR) is 91.2 cm³/mol. The second-order valence-electron chi connectivity index (χ2n) is 5.14. The van der Waals surface area contributed by atoms with Crippen LogP contribution in [0.15, 0.2) is 30.3 Å². The highest BCUT2D eigenvalue weighted by molar-refractivity contribution is 14.1. The van der Waals surface area contributed by atoms with Gasteiger partial charge in [0.2, 0.25) is 0 Å². The van der Waals surface area contributed by atoms with E-state index in [0.29, 0.717) is 10.8 Å². The third kappa shape index (κ3) is 4.34. The molecular formula is C16H20INO4. The summed E-state index contributed by atoms with van der Waals surface area (Å²) in [5.74, 6) is 0. The molecule has 120 valence electrons. The average Bonchev–Trinajstić information content (AvgIpc) is 2.53. The monoisotopic (exact) mass is 417 g/mol. The number of hydrogen-bond donors (Lipinski definition) is 0. The van der Waals surface area contributed by atoms with Gasteiger partial charge in [0.05, 0.1) is 12.6 Å². The zero-order valence-electron chi connectivity index (χ0n) is 12.5. The lowest BCUT2D eigenvalue weighted by molar-refractivity contribution is 0.000672. The van der Waals surface area contributed by atoms with Crippen LogP contribution in [0.2, 0.25) is 0 Å². The molecule has 2 amide bonds. The molecule has 1 aromatic carbocycles. The number of carbonyl (C=O) groups excluding carboxylic acids is 2. The van der Waals surface area contributed by atoms with Gasteiger partial charge in [-0.2, -0.15) is 0 Å². The molecule has 1 aromatic rings. The maximum atomic E-state index is 12.1. The van der Waals surface area contributed by atoms with Crippen LogP contribution in [-0.2, 0) is 15.9 Å². The Bertz CT molecular complexity index is 508. The molecule has 22 heavy (non-hydrogen) atoms. The van der Waals surface area contributed by atoms with Crippen LogP contribution in [0.3, 0.4) is 0 Å². The Labute approximate surface area is 144 Å². The number of carbonyl (C=O) groups is 2. The van der Waals surface area contributed by atoms with Gasteiger partial charge >= 0.3 is 12.2 Å². The Balaban J connectivity index is 1.95. The van der Waals surface area contributed by atoms with Crippen LogP contribution in [0.1, 0.15) is 25.3 Å². The van der Waals surface area contributed by atoms with Crippen LogP contribution in [0, 0.1) is 0 Å². The zero-order chi connectivity index (χ0) is 15.9. The van der Waals surface area contributed by atoms with Gasteiger partial charge in [0.1, 0.15) is 6.10 Å². The van der Waals surface area contributed by atoms with E-state index >= 15 is 0 Å². The van der Waals surface area contributed by atoms with Crippen molar-refractivity contribution in [3.05, 3.63) is 35.9 Å². The van der Waals surface area contributed by atoms with Crippen LogP contribution in [-0.4, -0.2) is 40.3 Å². The Morgan fingerprint density at radius 2 is 2.14 bits per heavy atom. The van der Waals surface area contributed by atoms with Gasteiger partial charge in [0, 0.05) is 10.8 Å². The smallest absolute Gasteiger partial charge is 0.419 e. The maximum Gasteiger partial charge on any atom is 0.419 e. The third-order valence-electron chi connectivity index (χ3n) is 3.60. The number of benzene rings is 1. The van der Waals surface area contributed by atoms with E-state index in [1.54, 1.807) is 6.92 Å². The van der Waals surface area contributed by atoms with Crippen molar-refractivity contribution >= 4 is 34.8 Å².